The zero-order valence-corrected chi connectivity index (χ0v) is 13.9. The monoisotopic (exact) mass is 361 g/mol. The number of ether oxygens (including phenoxy) is 5. The third-order valence-corrected chi connectivity index (χ3v) is 2.91. The average molecular weight is 361 g/mol. The van der Waals surface area contributed by atoms with Crippen LogP contribution in [0.2, 0.25) is 0 Å². The molecule has 0 aliphatic heterocycles. The van der Waals surface area contributed by atoms with Crippen molar-refractivity contribution in [3.8, 4) is 0 Å². The van der Waals surface area contributed by atoms with E-state index >= 15 is 0 Å². The first-order valence-electron chi connectivity index (χ1n) is 7.48. The molecule has 0 aromatic carbocycles. The SMILES string of the molecule is [CH2]OC(=O)CCCCCC(OC([O])=O)(OC(=O)OCCC)C(=O)O[CH2]. The lowest BCUT2D eigenvalue weighted by Crippen LogP contribution is -2.48. The van der Waals surface area contributed by atoms with Gasteiger partial charge in [-0.15, -0.1) is 0 Å². The van der Waals surface area contributed by atoms with Crippen molar-refractivity contribution in [3.63, 3.8) is 0 Å². The lowest BCUT2D eigenvalue weighted by molar-refractivity contribution is -0.218. The van der Waals surface area contributed by atoms with E-state index in [-0.39, 0.29) is 25.9 Å². The summed E-state index contributed by atoms with van der Waals surface area (Å²) in [5.41, 5.74) is 0. The molecule has 1 atom stereocenters. The van der Waals surface area contributed by atoms with Crippen LogP contribution in [0, 0.1) is 14.2 Å². The van der Waals surface area contributed by atoms with Crippen LogP contribution >= 0.6 is 0 Å². The van der Waals surface area contributed by atoms with E-state index in [1.807, 2.05) is 0 Å². The molecule has 0 spiro atoms. The minimum Gasteiger partial charge on any atom is -0.462 e. The summed E-state index contributed by atoms with van der Waals surface area (Å²) in [5.74, 6) is -4.46. The Morgan fingerprint density at radius 3 is 2.16 bits per heavy atom. The van der Waals surface area contributed by atoms with Gasteiger partial charge in [-0.25, -0.2) is 9.59 Å². The number of hydrogen-bond acceptors (Lipinski definition) is 9. The zero-order chi connectivity index (χ0) is 19.3. The summed E-state index contributed by atoms with van der Waals surface area (Å²) in [6.45, 7) is 1.71. The van der Waals surface area contributed by atoms with Crippen molar-refractivity contribution in [1.29, 1.82) is 0 Å². The van der Waals surface area contributed by atoms with Crippen LogP contribution in [0.5, 0.6) is 0 Å². The molecule has 0 amide bonds. The number of esters is 2. The quantitative estimate of drug-likeness (QED) is 0.235. The normalized spacial score (nSPS) is 12.4. The van der Waals surface area contributed by atoms with Crippen LogP contribution in [0.15, 0.2) is 0 Å². The third-order valence-electron chi connectivity index (χ3n) is 2.91. The van der Waals surface area contributed by atoms with Crippen LogP contribution in [0.3, 0.4) is 0 Å². The molecule has 10 nitrogen and oxygen atoms in total. The summed E-state index contributed by atoms with van der Waals surface area (Å²) < 4.78 is 22.2. The highest BCUT2D eigenvalue weighted by Crippen LogP contribution is 2.25. The molecule has 0 aliphatic rings. The molecule has 141 valence electrons. The second-order valence-electron chi connectivity index (χ2n) is 4.81. The maximum Gasteiger partial charge on any atom is 0.553 e. The van der Waals surface area contributed by atoms with Gasteiger partial charge in [0.15, 0.2) is 0 Å². The van der Waals surface area contributed by atoms with E-state index in [4.69, 9.17) is 4.74 Å². The fourth-order valence-electron chi connectivity index (χ4n) is 1.78. The van der Waals surface area contributed by atoms with Gasteiger partial charge in [0.05, 0.1) is 6.61 Å². The molecule has 0 aliphatic carbocycles. The second kappa shape index (κ2) is 11.9. The van der Waals surface area contributed by atoms with E-state index in [9.17, 15) is 24.3 Å². The summed E-state index contributed by atoms with van der Waals surface area (Å²) in [7, 11) is 5.83. The first kappa shape index (κ1) is 22.5. The summed E-state index contributed by atoms with van der Waals surface area (Å²) >= 11 is 0. The molecule has 0 heterocycles. The van der Waals surface area contributed by atoms with Gasteiger partial charge in [-0.1, -0.05) is 13.3 Å². The van der Waals surface area contributed by atoms with E-state index in [1.54, 1.807) is 6.92 Å². The fourth-order valence-corrected chi connectivity index (χ4v) is 1.78. The Morgan fingerprint density at radius 1 is 0.960 bits per heavy atom. The van der Waals surface area contributed by atoms with Gasteiger partial charge in [0.1, 0.15) is 14.2 Å². The molecule has 1 unspecified atom stereocenters. The Morgan fingerprint density at radius 2 is 1.64 bits per heavy atom. The van der Waals surface area contributed by atoms with Gasteiger partial charge in [-0.2, -0.15) is 9.90 Å². The van der Waals surface area contributed by atoms with Crippen LogP contribution in [-0.4, -0.2) is 36.6 Å². The topological polar surface area (TPSA) is 134 Å². The minimum atomic E-state index is -2.60. The maximum atomic E-state index is 11.9. The van der Waals surface area contributed by atoms with Crippen molar-refractivity contribution in [2.75, 3.05) is 6.61 Å². The molecule has 25 heavy (non-hydrogen) atoms. The Bertz CT molecular complexity index is 461. The van der Waals surface area contributed by atoms with E-state index in [0.717, 1.165) is 0 Å². The highest BCUT2D eigenvalue weighted by molar-refractivity contribution is 5.82. The van der Waals surface area contributed by atoms with Gasteiger partial charge in [0, 0.05) is 12.8 Å². The standard InChI is InChI=1S/C15H21O10/c1-4-10-23-14(20)25-15(12(17)22-3,24-13(18)19)9-7-5-6-8-11(16)21-2/h2-10H2,1H3. The lowest BCUT2D eigenvalue weighted by Gasteiger charge is -2.27. The number of unbranched alkanes of at least 4 members (excludes halogenated alkanes) is 2. The molecular formula is C15H21O10. The Labute approximate surface area is 145 Å². The molecule has 0 aromatic heterocycles. The molecule has 0 fully saturated rings. The highest BCUT2D eigenvalue weighted by Gasteiger charge is 2.49. The van der Waals surface area contributed by atoms with Gasteiger partial charge in [-0.05, 0) is 19.3 Å². The first-order valence-corrected chi connectivity index (χ1v) is 7.48. The van der Waals surface area contributed by atoms with Crippen LogP contribution in [0.25, 0.3) is 0 Å². The maximum absolute atomic E-state index is 11.9. The molecule has 0 bridgehead atoms. The van der Waals surface area contributed by atoms with Gasteiger partial charge >= 0.3 is 30.0 Å². The van der Waals surface area contributed by atoms with E-state index < -0.39 is 30.0 Å². The Kier molecular flexibility index (Phi) is 10.7. The van der Waals surface area contributed by atoms with Crippen molar-refractivity contribution < 1.29 is 48.0 Å². The summed E-state index contributed by atoms with van der Waals surface area (Å²) in [5, 5.41) is 10.8. The molecular weight excluding hydrogens is 340 g/mol. The van der Waals surface area contributed by atoms with Crippen molar-refractivity contribution >= 4 is 24.2 Å². The summed E-state index contributed by atoms with van der Waals surface area (Å²) in [4.78, 5) is 45.2. The van der Waals surface area contributed by atoms with Crippen molar-refractivity contribution in [3.05, 3.63) is 14.2 Å². The first-order chi connectivity index (χ1) is 11.8. The molecule has 3 radical (unpaired) electrons. The van der Waals surface area contributed by atoms with Crippen molar-refractivity contribution in [1.82, 2.24) is 0 Å². The molecule has 0 N–H and O–H groups in total. The van der Waals surface area contributed by atoms with Crippen LogP contribution in [-0.2, 0) is 38.4 Å². The van der Waals surface area contributed by atoms with E-state index in [2.05, 4.69) is 33.2 Å². The van der Waals surface area contributed by atoms with Gasteiger partial charge in [-0.3, -0.25) is 4.79 Å². The summed E-state index contributed by atoms with van der Waals surface area (Å²) in [6.07, 6.45) is -2.35. The molecule has 0 saturated heterocycles. The van der Waals surface area contributed by atoms with Gasteiger partial charge < -0.3 is 23.7 Å². The molecule has 10 heteroatoms. The predicted molar refractivity (Wildman–Crippen MR) is 78.6 cm³/mol. The number of carbonyl (C=O) groups is 4. The summed E-state index contributed by atoms with van der Waals surface area (Å²) in [6, 6.07) is 0. The number of hydrogen-bond donors (Lipinski definition) is 0. The van der Waals surface area contributed by atoms with E-state index in [1.165, 1.54) is 0 Å². The minimum absolute atomic E-state index is 0.00712. The predicted octanol–water partition coefficient (Wildman–Crippen LogP) is 2.43. The van der Waals surface area contributed by atoms with Gasteiger partial charge in [0.25, 0.3) is 0 Å². The van der Waals surface area contributed by atoms with Gasteiger partial charge in [0.2, 0.25) is 0 Å². The van der Waals surface area contributed by atoms with Crippen LogP contribution in [0.1, 0.15) is 45.4 Å². The largest absolute Gasteiger partial charge is 0.553 e. The van der Waals surface area contributed by atoms with Crippen LogP contribution in [0.4, 0.5) is 9.59 Å². The number of rotatable bonds is 11. The van der Waals surface area contributed by atoms with Crippen molar-refractivity contribution in [2.45, 2.75) is 51.2 Å². The second-order valence-corrected chi connectivity index (χ2v) is 4.81. The van der Waals surface area contributed by atoms with E-state index in [0.29, 0.717) is 19.3 Å². The molecule has 0 saturated carbocycles. The van der Waals surface area contributed by atoms with Crippen molar-refractivity contribution in [2.24, 2.45) is 0 Å². The third kappa shape index (κ3) is 8.77. The Balaban J connectivity index is 4.94. The lowest BCUT2D eigenvalue weighted by atomic mass is 10.1. The number of carbonyl (C=O) groups excluding carboxylic acids is 4. The molecule has 0 aromatic rings. The Hall–Kier alpha value is -2.52. The molecule has 0 rings (SSSR count). The zero-order valence-electron chi connectivity index (χ0n) is 13.9. The highest BCUT2D eigenvalue weighted by atomic mass is 16.8. The fraction of sp³-hybridized carbons (Fsp3) is 0.600. The smallest absolute Gasteiger partial charge is 0.462 e. The van der Waals surface area contributed by atoms with Crippen LogP contribution < -0.4 is 0 Å². The average Bonchev–Trinajstić information content (AvgIpc) is 2.57.